The Morgan fingerprint density at radius 1 is 1.19 bits per heavy atom. The Bertz CT molecular complexity index is 1040. The second-order valence-electron chi connectivity index (χ2n) is 12.2. The standard InChI is InChI=1S/C29H40O8/c1-16(2)26(34)37-29(23(32)14-36-24(33)15-35-6)10-8-20-19-11-17(3)21-12-18(30)7-9-27(21,4)25(19)22(31)13-28(20,29)5/h7,9,12,16-17,19-20,22,25,31H,8,10-11,13-15H2,1-6H3/t17-,19-,20-,22-,25+,27-,28-,29-/m0/s1. The van der Waals surface area contributed by atoms with Crippen LogP contribution in [0.15, 0.2) is 23.8 Å². The lowest BCUT2D eigenvalue weighted by molar-refractivity contribution is -0.204. The number of ketones is 2. The number of rotatable bonds is 7. The van der Waals surface area contributed by atoms with Gasteiger partial charge in [0, 0.05) is 23.9 Å². The van der Waals surface area contributed by atoms with Crippen LogP contribution in [0.4, 0.5) is 0 Å². The van der Waals surface area contributed by atoms with Gasteiger partial charge in [-0.15, -0.1) is 0 Å². The van der Waals surface area contributed by atoms with Crippen LogP contribution in [0.1, 0.15) is 60.3 Å². The molecule has 204 valence electrons. The molecule has 0 radical (unpaired) electrons. The molecule has 0 unspecified atom stereocenters. The van der Waals surface area contributed by atoms with E-state index in [-0.39, 0.29) is 42.5 Å². The number of hydrogen-bond donors (Lipinski definition) is 1. The highest BCUT2D eigenvalue weighted by atomic mass is 16.6. The average Bonchev–Trinajstić information content (AvgIpc) is 3.11. The molecular weight excluding hydrogens is 476 g/mol. The fraction of sp³-hybridized carbons (Fsp3) is 0.724. The molecule has 4 aliphatic rings. The van der Waals surface area contributed by atoms with Crippen LogP contribution in [-0.4, -0.2) is 60.6 Å². The Kier molecular flexibility index (Phi) is 7.32. The highest BCUT2D eigenvalue weighted by molar-refractivity contribution is 6.01. The molecule has 0 bridgehead atoms. The molecule has 8 nitrogen and oxygen atoms in total. The molecule has 0 aromatic carbocycles. The molecular formula is C29H40O8. The first-order chi connectivity index (χ1) is 17.3. The van der Waals surface area contributed by atoms with Crippen molar-refractivity contribution in [3.8, 4) is 0 Å². The molecule has 0 aromatic rings. The van der Waals surface area contributed by atoms with Crippen molar-refractivity contribution in [1.82, 2.24) is 0 Å². The molecule has 8 heteroatoms. The van der Waals surface area contributed by atoms with Gasteiger partial charge in [-0.2, -0.15) is 0 Å². The predicted octanol–water partition coefficient (Wildman–Crippen LogP) is 3.21. The van der Waals surface area contributed by atoms with Crippen LogP contribution in [0.5, 0.6) is 0 Å². The number of Topliss-reactive ketones (excluding diaryl/α,β-unsaturated/α-hetero) is 1. The lowest BCUT2D eigenvalue weighted by Crippen LogP contribution is -2.63. The zero-order valence-electron chi connectivity index (χ0n) is 22.7. The Labute approximate surface area is 218 Å². The van der Waals surface area contributed by atoms with Gasteiger partial charge in [0.25, 0.3) is 0 Å². The number of aliphatic hydroxyl groups is 1. The van der Waals surface area contributed by atoms with E-state index in [1.165, 1.54) is 7.11 Å². The van der Waals surface area contributed by atoms with Gasteiger partial charge in [-0.25, -0.2) is 4.79 Å². The molecule has 4 rings (SSSR count). The van der Waals surface area contributed by atoms with Gasteiger partial charge in [0.1, 0.15) is 6.61 Å². The van der Waals surface area contributed by atoms with E-state index in [9.17, 15) is 24.3 Å². The highest BCUT2D eigenvalue weighted by Crippen LogP contribution is 2.68. The maximum absolute atomic E-state index is 13.8. The Morgan fingerprint density at radius 2 is 1.89 bits per heavy atom. The summed E-state index contributed by atoms with van der Waals surface area (Å²) in [5.74, 6) is -2.01. The van der Waals surface area contributed by atoms with Gasteiger partial charge in [0.05, 0.1) is 12.0 Å². The Hall–Kier alpha value is -2.32. The first-order valence-electron chi connectivity index (χ1n) is 13.3. The maximum atomic E-state index is 13.8. The average molecular weight is 517 g/mol. The van der Waals surface area contributed by atoms with Gasteiger partial charge >= 0.3 is 11.9 Å². The molecule has 37 heavy (non-hydrogen) atoms. The smallest absolute Gasteiger partial charge is 0.332 e. The molecule has 0 saturated heterocycles. The van der Waals surface area contributed by atoms with Crippen molar-refractivity contribution in [2.24, 2.45) is 40.4 Å². The third-order valence-corrected chi connectivity index (χ3v) is 9.76. The van der Waals surface area contributed by atoms with E-state index in [0.717, 1.165) is 12.0 Å². The van der Waals surface area contributed by atoms with E-state index in [4.69, 9.17) is 14.2 Å². The number of esters is 2. The molecule has 0 aliphatic heterocycles. The number of hydrogen-bond acceptors (Lipinski definition) is 8. The minimum atomic E-state index is -1.50. The molecule has 8 atom stereocenters. The van der Waals surface area contributed by atoms with Crippen molar-refractivity contribution in [2.45, 2.75) is 72.0 Å². The van der Waals surface area contributed by atoms with Crippen LogP contribution in [0.2, 0.25) is 0 Å². The fourth-order valence-corrected chi connectivity index (χ4v) is 8.13. The first kappa shape index (κ1) is 27.7. The minimum absolute atomic E-state index is 0.00587. The third-order valence-electron chi connectivity index (χ3n) is 9.76. The van der Waals surface area contributed by atoms with E-state index in [2.05, 4.69) is 13.8 Å². The summed E-state index contributed by atoms with van der Waals surface area (Å²) in [7, 11) is 1.36. The summed E-state index contributed by atoms with van der Waals surface area (Å²) in [5, 5.41) is 11.7. The van der Waals surface area contributed by atoms with Crippen LogP contribution < -0.4 is 0 Å². The van der Waals surface area contributed by atoms with Crippen molar-refractivity contribution in [1.29, 1.82) is 0 Å². The topological polar surface area (TPSA) is 116 Å². The molecule has 0 aromatic heterocycles. The van der Waals surface area contributed by atoms with Crippen molar-refractivity contribution >= 4 is 23.5 Å². The summed E-state index contributed by atoms with van der Waals surface area (Å²) in [4.78, 5) is 50.9. The van der Waals surface area contributed by atoms with E-state index in [0.29, 0.717) is 12.8 Å². The van der Waals surface area contributed by atoms with Crippen LogP contribution in [0.25, 0.3) is 0 Å². The molecule has 4 aliphatic carbocycles. The Morgan fingerprint density at radius 3 is 2.54 bits per heavy atom. The summed E-state index contributed by atoms with van der Waals surface area (Å²) in [6.07, 6.45) is 6.50. The van der Waals surface area contributed by atoms with Crippen LogP contribution in [-0.2, 0) is 33.4 Å². The van der Waals surface area contributed by atoms with Gasteiger partial charge in [-0.1, -0.05) is 46.3 Å². The van der Waals surface area contributed by atoms with Crippen molar-refractivity contribution in [3.63, 3.8) is 0 Å². The summed E-state index contributed by atoms with van der Waals surface area (Å²) < 4.78 is 16.1. The Balaban J connectivity index is 1.72. The monoisotopic (exact) mass is 516 g/mol. The van der Waals surface area contributed by atoms with Crippen molar-refractivity contribution < 1.29 is 38.5 Å². The van der Waals surface area contributed by atoms with Gasteiger partial charge in [0.2, 0.25) is 5.78 Å². The summed E-state index contributed by atoms with van der Waals surface area (Å²) in [6, 6.07) is 0. The molecule has 3 saturated carbocycles. The normalized spacial score (nSPS) is 40.4. The number of fused-ring (bicyclic) bond motifs is 5. The zero-order valence-corrected chi connectivity index (χ0v) is 22.7. The molecule has 0 heterocycles. The summed E-state index contributed by atoms with van der Waals surface area (Å²) >= 11 is 0. The minimum Gasteiger partial charge on any atom is -0.456 e. The quantitative estimate of drug-likeness (QED) is 0.513. The largest absolute Gasteiger partial charge is 0.456 e. The number of methoxy groups -OCH3 is 1. The van der Waals surface area contributed by atoms with Gasteiger partial charge in [0.15, 0.2) is 18.0 Å². The summed E-state index contributed by atoms with van der Waals surface area (Å²) in [6.45, 7) is 8.80. The van der Waals surface area contributed by atoms with Crippen molar-refractivity contribution in [3.05, 3.63) is 23.8 Å². The number of carbonyl (C=O) groups excluding carboxylic acids is 4. The van der Waals surface area contributed by atoms with Crippen LogP contribution in [0, 0.1) is 40.4 Å². The predicted molar refractivity (Wildman–Crippen MR) is 134 cm³/mol. The van der Waals surface area contributed by atoms with Gasteiger partial charge < -0.3 is 19.3 Å². The van der Waals surface area contributed by atoms with Crippen LogP contribution in [0.3, 0.4) is 0 Å². The van der Waals surface area contributed by atoms with Crippen molar-refractivity contribution in [2.75, 3.05) is 20.3 Å². The fourth-order valence-electron chi connectivity index (χ4n) is 8.13. The second kappa shape index (κ2) is 9.77. The maximum Gasteiger partial charge on any atom is 0.332 e. The van der Waals surface area contributed by atoms with E-state index in [1.807, 2.05) is 13.0 Å². The van der Waals surface area contributed by atoms with Gasteiger partial charge in [-0.3, -0.25) is 14.4 Å². The third kappa shape index (κ3) is 4.30. The van der Waals surface area contributed by atoms with E-state index >= 15 is 0 Å². The van der Waals surface area contributed by atoms with E-state index < -0.39 is 52.8 Å². The molecule has 1 N–H and O–H groups in total. The molecule has 3 fully saturated rings. The highest BCUT2D eigenvalue weighted by Gasteiger charge is 2.70. The lowest BCUT2D eigenvalue weighted by Gasteiger charge is -2.61. The first-order valence-corrected chi connectivity index (χ1v) is 13.3. The summed E-state index contributed by atoms with van der Waals surface area (Å²) in [5.41, 5.74) is -1.75. The van der Waals surface area contributed by atoms with Crippen LogP contribution >= 0.6 is 0 Å². The SMILES string of the molecule is COCC(=O)OCC(=O)[C@@]1(OC(=O)C(C)C)CC[C@H]2[C@@H]3C[C@H](C)C4=CC(=O)C=C[C@]4(C)[C@H]3[C@@H](O)C[C@@]21C. The number of allylic oxidation sites excluding steroid dienone is 4. The number of ether oxygens (including phenoxy) is 3. The number of carbonyl (C=O) groups is 4. The zero-order chi connectivity index (χ0) is 27.3. The van der Waals surface area contributed by atoms with Gasteiger partial charge in [-0.05, 0) is 55.6 Å². The number of aliphatic hydroxyl groups excluding tert-OH is 1. The molecule has 0 spiro atoms. The molecule has 0 amide bonds. The lowest BCUT2D eigenvalue weighted by atomic mass is 9.44. The second-order valence-corrected chi connectivity index (χ2v) is 12.2. The van der Waals surface area contributed by atoms with E-state index in [1.54, 1.807) is 26.0 Å².